The van der Waals surface area contributed by atoms with E-state index in [2.05, 4.69) is 39.6 Å². The number of nitrogens with zero attached hydrogens (tertiary/aromatic N) is 2. The molecule has 0 amide bonds. The van der Waals surface area contributed by atoms with E-state index in [-0.39, 0.29) is 0 Å². The molecule has 4 nitrogen and oxygen atoms in total. The van der Waals surface area contributed by atoms with Crippen LogP contribution in [0.5, 0.6) is 5.75 Å². The van der Waals surface area contributed by atoms with Gasteiger partial charge in [-0.15, -0.1) is 0 Å². The molecule has 1 N–H and O–H groups in total. The van der Waals surface area contributed by atoms with Crippen molar-refractivity contribution in [2.45, 2.75) is 18.4 Å². The number of anilines is 1. The lowest BCUT2D eigenvalue weighted by atomic mass is 10.1. The summed E-state index contributed by atoms with van der Waals surface area (Å²) in [6, 6.07) is 11.0. The first-order valence-electron chi connectivity index (χ1n) is 6.04. The van der Waals surface area contributed by atoms with Crippen molar-refractivity contribution in [2.24, 2.45) is 0 Å². The molecule has 1 saturated carbocycles. The van der Waals surface area contributed by atoms with Crippen molar-refractivity contribution in [1.29, 1.82) is 0 Å². The summed E-state index contributed by atoms with van der Waals surface area (Å²) in [4.78, 5) is 8.42. The maximum atomic E-state index is 5.03. The largest absolute Gasteiger partial charge is 0.494 e. The third kappa shape index (κ3) is 2.27. The van der Waals surface area contributed by atoms with E-state index in [0.29, 0.717) is 23.7 Å². The number of nitrogens with one attached hydrogen (secondary N) is 1. The molecular formula is C14H15N3O. The summed E-state index contributed by atoms with van der Waals surface area (Å²) in [6.07, 6.45) is 4.49. The Balaban J connectivity index is 1.62. The summed E-state index contributed by atoms with van der Waals surface area (Å²) in [5.41, 5.74) is 1.38. The number of hydrogen-bond donors (Lipinski definition) is 1. The molecule has 0 saturated heterocycles. The van der Waals surface area contributed by atoms with Crippen LogP contribution in [0.1, 0.15) is 17.9 Å². The first kappa shape index (κ1) is 11.0. The molecule has 2 atom stereocenters. The van der Waals surface area contributed by atoms with Gasteiger partial charge in [-0.25, -0.2) is 9.97 Å². The maximum absolute atomic E-state index is 5.03. The minimum atomic E-state index is 0.445. The highest BCUT2D eigenvalue weighted by atomic mass is 16.5. The van der Waals surface area contributed by atoms with Gasteiger partial charge in [-0.05, 0) is 12.0 Å². The second kappa shape index (κ2) is 4.64. The molecule has 1 aliphatic carbocycles. The van der Waals surface area contributed by atoms with Crippen LogP contribution in [0.25, 0.3) is 0 Å². The molecule has 18 heavy (non-hydrogen) atoms. The average molecular weight is 241 g/mol. The van der Waals surface area contributed by atoms with Gasteiger partial charge in [-0.3, -0.25) is 0 Å². The van der Waals surface area contributed by atoms with Crippen LogP contribution in [0.3, 0.4) is 0 Å². The van der Waals surface area contributed by atoms with Crippen molar-refractivity contribution in [2.75, 3.05) is 12.4 Å². The molecule has 1 heterocycles. The lowest BCUT2D eigenvalue weighted by Crippen LogP contribution is -2.07. The fraction of sp³-hybridized carbons (Fsp3) is 0.286. The van der Waals surface area contributed by atoms with Crippen molar-refractivity contribution < 1.29 is 4.74 Å². The summed E-state index contributed by atoms with van der Waals surface area (Å²) in [5, 5.41) is 3.34. The Morgan fingerprint density at radius 1 is 1.17 bits per heavy atom. The van der Waals surface area contributed by atoms with Gasteiger partial charge in [0, 0.05) is 12.0 Å². The molecule has 0 aliphatic heterocycles. The lowest BCUT2D eigenvalue weighted by Gasteiger charge is -2.04. The van der Waals surface area contributed by atoms with Crippen LogP contribution in [0.15, 0.2) is 42.7 Å². The van der Waals surface area contributed by atoms with Crippen molar-refractivity contribution in [1.82, 2.24) is 9.97 Å². The molecule has 1 aliphatic rings. The summed E-state index contributed by atoms with van der Waals surface area (Å²) >= 11 is 0. The zero-order valence-corrected chi connectivity index (χ0v) is 10.2. The highest BCUT2D eigenvalue weighted by Gasteiger charge is 2.38. The molecule has 3 rings (SSSR count). The Morgan fingerprint density at radius 3 is 2.56 bits per heavy atom. The number of ether oxygens (including phenoxy) is 1. The van der Waals surface area contributed by atoms with Gasteiger partial charge < -0.3 is 10.1 Å². The third-order valence-corrected chi connectivity index (χ3v) is 3.20. The maximum Gasteiger partial charge on any atom is 0.223 e. The van der Waals surface area contributed by atoms with Gasteiger partial charge in [0.2, 0.25) is 5.95 Å². The lowest BCUT2D eigenvalue weighted by molar-refractivity contribution is 0.411. The second-order valence-corrected chi connectivity index (χ2v) is 4.45. The molecule has 4 heteroatoms. The van der Waals surface area contributed by atoms with Crippen molar-refractivity contribution in [3.63, 3.8) is 0 Å². The number of methoxy groups -OCH3 is 1. The summed E-state index contributed by atoms with van der Waals surface area (Å²) in [6.45, 7) is 0. The molecule has 0 bridgehead atoms. The topological polar surface area (TPSA) is 47.0 Å². The smallest absolute Gasteiger partial charge is 0.223 e. The van der Waals surface area contributed by atoms with E-state index in [1.54, 1.807) is 19.5 Å². The first-order chi connectivity index (χ1) is 8.86. The van der Waals surface area contributed by atoms with E-state index >= 15 is 0 Å². The van der Waals surface area contributed by atoms with Crippen LogP contribution in [-0.4, -0.2) is 23.1 Å². The third-order valence-electron chi connectivity index (χ3n) is 3.20. The van der Waals surface area contributed by atoms with Gasteiger partial charge >= 0.3 is 0 Å². The van der Waals surface area contributed by atoms with Crippen LogP contribution < -0.4 is 10.1 Å². The summed E-state index contributed by atoms with van der Waals surface area (Å²) < 4.78 is 5.03. The van der Waals surface area contributed by atoms with Crippen LogP contribution in [-0.2, 0) is 0 Å². The first-order valence-corrected chi connectivity index (χ1v) is 6.04. The molecule has 0 radical (unpaired) electrons. The number of aromatic nitrogens is 2. The summed E-state index contributed by atoms with van der Waals surface area (Å²) in [5.74, 6) is 1.92. The van der Waals surface area contributed by atoms with Gasteiger partial charge in [0.05, 0.1) is 19.5 Å². The van der Waals surface area contributed by atoms with Gasteiger partial charge in [-0.1, -0.05) is 30.3 Å². The molecule has 2 aromatic rings. The van der Waals surface area contributed by atoms with E-state index in [4.69, 9.17) is 4.74 Å². The van der Waals surface area contributed by atoms with E-state index in [0.717, 1.165) is 6.42 Å². The predicted octanol–water partition coefficient (Wildman–Crippen LogP) is 2.45. The number of hydrogen-bond acceptors (Lipinski definition) is 4. The van der Waals surface area contributed by atoms with E-state index in [9.17, 15) is 0 Å². The Morgan fingerprint density at radius 2 is 1.89 bits per heavy atom. The van der Waals surface area contributed by atoms with Gasteiger partial charge in [-0.2, -0.15) is 0 Å². The molecule has 92 valence electrons. The van der Waals surface area contributed by atoms with Crippen LogP contribution in [0.2, 0.25) is 0 Å². The standard InChI is InChI=1S/C14H15N3O/c1-18-11-8-15-14(16-9-11)17-13-7-12(13)10-5-3-2-4-6-10/h2-6,8-9,12-13H,7H2,1H3,(H,15,16,17). The monoisotopic (exact) mass is 241 g/mol. The zero-order chi connectivity index (χ0) is 12.4. The van der Waals surface area contributed by atoms with Crippen molar-refractivity contribution in [3.05, 3.63) is 48.3 Å². The average Bonchev–Trinajstić information content (AvgIpc) is 3.20. The molecule has 1 aromatic heterocycles. The van der Waals surface area contributed by atoms with Gasteiger partial charge in [0.15, 0.2) is 5.75 Å². The SMILES string of the molecule is COc1cnc(NC2CC2c2ccccc2)nc1. The van der Waals surface area contributed by atoms with Gasteiger partial charge in [0.25, 0.3) is 0 Å². The zero-order valence-electron chi connectivity index (χ0n) is 10.2. The van der Waals surface area contributed by atoms with Crippen LogP contribution >= 0.6 is 0 Å². The molecular weight excluding hydrogens is 226 g/mol. The Hall–Kier alpha value is -2.10. The van der Waals surface area contributed by atoms with Crippen LogP contribution in [0, 0.1) is 0 Å². The Labute approximate surface area is 106 Å². The van der Waals surface area contributed by atoms with Crippen molar-refractivity contribution in [3.8, 4) is 5.75 Å². The highest BCUT2D eigenvalue weighted by Crippen LogP contribution is 2.42. The number of benzene rings is 1. The molecule has 2 unspecified atom stereocenters. The highest BCUT2D eigenvalue weighted by molar-refractivity contribution is 5.37. The second-order valence-electron chi connectivity index (χ2n) is 4.45. The number of rotatable bonds is 4. The Kier molecular flexibility index (Phi) is 2.84. The minimum absolute atomic E-state index is 0.445. The molecule has 1 aromatic carbocycles. The van der Waals surface area contributed by atoms with E-state index < -0.39 is 0 Å². The Bertz CT molecular complexity index is 512. The van der Waals surface area contributed by atoms with Crippen molar-refractivity contribution >= 4 is 5.95 Å². The van der Waals surface area contributed by atoms with E-state index in [1.165, 1.54) is 5.56 Å². The van der Waals surface area contributed by atoms with Crippen LogP contribution in [0.4, 0.5) is 5.95 Å². The predicted molar refractivity (Wildman–Crippen MR) is 69.8 cm³/mol. The van der Waals surface area contributed by atoms with E-state index in [1.807, 2.05) is 6.07 Å². The quantitative estimate of drug-likeness (QED) is 0.893. The fourth-order valence-electron chi connectivity index (χ4n) is 2.09. The normalized spacial score (nSPS) is 21.4. The minimum Gasteiger partial charge on any atom is -0.494 e. The van der Waals surface area contributed by atoms with Gasteiger partial charge in [0.1, 0.15) is 0 Å². The molecule has 0 spiro atoms. The summed E-state index contributed by atoms with van der Waals surface area (Å²) in [7, 11) is 1.61. The fourth-order valence-corrected chi connectivity index (χ4v) is 2.09. The molecule has 1 fully saturated rings.